The number of aliphatic hydroxyl groups excluding tert-OH is 2. The van der Waals surface area contributed by atoms with Crippen molar-refractivity contribution in [3.8, 4) is 0 Å². The van der Waals surface area contributed by atoms with Crippen LogP contribution in [0.1, 0.15) is 87.9 Å². The Morgan fingerprint density at radius 3 is 2.59 bits per heavy atom. The first kappa shape index (κ1) is 23.9. The SMILES string of the molecule is CCCCC[C@@H](O)c1ccc([C@H]2[C@H](O)CC(Cl)[C@H]2C/C=C/CCCC(=O)O)cc1. The third-order valence-electron chi connectivity index (χ3n) is 5.93. The van der Waals surface area contributed by atoms with Crippen LogP contribution >= 0.6 is 11.6 Å². The van der Waals surface area contributed by atoms with Gasteiger partial charge in [-0.1, -0.05) is 62.6 Å². The Hall–Kier alpha value is -1.36. The van der Waals surface area contributed by atoms with Gasteiger partial charge in [-0.05, 0) is 49.1 Å². The number of benzene rings is 1. The van der Waals surface area contributed by atoms with Gasteiger partial charge in [0.25, 0.3) is 0 Å². The van der Waals surface area contributed by atoms with Crippen LogP contribution in [0.4, 0.5) is 0 Å². The van der Waals surface area contributed by atoms with Gasteiger partial charge in [-0.3, -0.25) is 4.79 Å². The van der Waals surface area contributed by atoms with E-state index in [-0.39, 0.29) is 23.6 Å². The van der Waals surface area contributed by atoms with Gasteiger partial charge in [0.15, 0.2) is 0 Å². The summed E-state index contributed by atoms with van der Waals surface area (Å²) in [5, 5.41) is 29.5. The lowest BCUT2D eigenvalue weighted by molar-refractivity contribution is -0.137. The number of hydrogen-bond donors (Lipinski definition) is 3. The van der Waals surface area contributed by atoms with E-state index >= 15 is 0 Å². The van der Waals surface area contributed by atoms with Crippen LogP contribution in [0, 0.1) is 5.92 Å². The number of aliphatic carboxylic acids is 1. The predicted octanol–water partition coefficient (Wildman–Crippen LogP) is 5.57. The second kappa shape index (κ2) is 12.4. The summed E-state index contributed by atoms with van der Waals surface area (Å²) in [5.41, 5.74) is 1.99. The van der Waals surface area contributed by atoms with Crippen molar-refractivity contribution in [2.24, 2.45) is 5.92 Å². The van der Waals surface area contributed by atoms with Gasteiger partial charge >= 0.3 is 5.97 Å². The molecule has 1 aromatic rings. The van der Waals surface area contributed by atoms with E-state index in [2.05, 4.69) is 13.0 Å². The van der Waals surface area contributed by atoms with E-state index in [1.54, 1.807) is 0 Å². The van der Waals surface area contributed by atoms with Crippen molar-refractivity contribution in [1.29, 1.82) is 0 Å². The summed E-state index contributed by atoms with van der Waals surface area (Å²) in [4.78, 5) is 10.6. The number of aliphatic hydroxyl groups is 2. The van der Waals surface area contributed by atoms with Crippen LogP contribution in [0.5, 0.6) is 0 Å². The van der Waals surface area contributed by atoms with Gasteiger partial charge < -0.3 is 15.3 Å². The topological polar surface area (TPSA) is 77.8 Å². The fourth-order valence-electron chi connectivity index (χ4n) is 4.26. The molecule has 0 radical (unpaired) electrons. The molecule has 0 heterocycles. The smallest absolute Gasteiger partial charge is 0.303 e. The minimum Gasteiger partial charge on any atom is -0.481 e. The van der Waals surface area contributed by atoms with Crippen molar-refractivity contribution in [1.82, 2.24) is 0 Å². The molecule has 0 spiro atoms. The summed E-state index contributed by atoms with van der Waals surface area (Å²) in [5.74, 6) is -0.646. The highest BCUT2D eigenvalue weighted by atomic mass is 35.5. The third kappa shape index (κ3) is 7.44. The van der Waals surface area contributed by atoms with Gasteiger partial charge in [-0.15, -0.1) is 11.6 Å². The minimum atomic E-state index is -0.767. The van der Waals surface area contributed by atoms with E-state index in [9.17, 15) is 15.0 Å². The molecule has 0 aromatic heterocycles. The largest absolute Gasteiger partial charge is 0.481 e. The summed E-state index contributed by atoms with van der Waals surface area (Å²) >= 11 is 6.54. The number of carbonyl (C=O) groups is 1. The lowest BCUT2D eigenvalue weighted by Crippen LogP contribution is -2.18. The second-order valence-corrected chi connectivity index (χ2v) is 8.74. The number of carboxylic acids is 1. The lowest BCUT2D eigenvalue weighted by atomic mass is 9.84. The van der Waals surface area contributed by atoms with Crippen molar-refractivity contribution in [2.45, 2.75) is 88.2 Å². The first-order valence-electron chi connectivity index (χ1n) is 10.9. The maximum absolute atomic E-state index is 10.6. The number of hydrogen-bond acceptors (Lipinski definition) is 3. The van der Waals surface area contributed by atoms with Gasteiger partial charge in [0.1, 0.15) is 0 Å². The Bertz CT molecular complexity index is 643. The molecule has 5 heteroatoms. The maximum Gasteiger partial charge on any atom is 0.303 e. The molecule has 1 unspecified atom stereocenters. The lowest BCUT2D eigenvalue weighted by Gasteiger charge is -2.23. The van der Waals surface area contributed by atoms with Crippen LogP contribution in [0.15, 0.2) is 36.4 Å². The molecule has 1 aliphatic carbocycles. The van der Waals surface area contributed by atoms with Crippen LogP contribution in [0.25, 0.3) is 0 Å². The summed E-state index contributed by atoms with van der Waals surface area (Å²) in [6.45, 7) is 2.15. The van der Waals surface area contributed by atoms with Gasteiger partial charge in [-0.25, -0.2) is 0 Å². The fourth-order valence-corrected chi connectivity index (χ4v) is 4.71. The fraction of sp³-hybridized carbons (Fsp3) is 0.625. The molecular formula is C24H35ClO4. The molecule has 0 saturated heterocycles. The number of carboxylic acid groups (broad SMARTS) is 1. The van der Waals surface area contributed by atoms with Crippen molar-refractivity contribution in [3.63, 3.8) is 0 Å². The highest BCUT2D eigenvalue weighted by Crippen LogP contribution is 2.45. The molecule has 1 aromatic carbocycles. The monoisotopic (exact) mass is 422 g/mol. The zero-order chi connectivity index (χ0) is 21.2. The quantitative estimate of drug-likeness (QED) is 0.233. The van der Waals surface area contributed by atoms with Gasteiger partial charge in [0, 0.05) is 17.7 Å². The molecule has 3 N–H and O–H groups in total. The van der Waals surface area contributed by atoms with Crippen molar-refractivity contribution < 1.29 is 20.1 Å². The van der Waals surface area contributed by atoms with E-state index in [4.69, 9.17) is 16.7 Å². The number of alkyl halides is 1. The Kier molecular flexibility index (Phi) is 10.2. The van der Waals surface area contributed by atoms with E-state index in [1.807, 2.05) is 30.3 Å². The summed E-state index contributed by atoms with van der Waals surface area (Å²) < 4.78 is 0. The third-order valence-corrected chi connectivity index (χ3v) is 6.43. The first-order valence-corrected chi connectivity index (χ1v) is 11.3. The van der Waals surface area contributed by atoms with E-state index in [0.717, 1.165) is 49.7 Å². The average Bonchev–Trinajstić information content (AvgIpc) is 2.97. The molecule has 0 bridgehead atoms. The normalized spacial score (nSPS) is 25.5. The average molecular weight is 423 g/mol. The number of unbranched alkanes of at least 4 members (excludes halogenated alkanes) is 3. The first-order chi connectivity index (χ1) is 13.9. The van der Waals surface area contributed by atoms with Crippen molar-refractivity contribution >= 4 is 17.6 Å². The van der Waals surface area contributed by atoms with Crippen LogP contribution in [-0.2, 0) is 4.79 Å². The Labute approximate surface area is 179 Å². The molecule has 0 aliphatic heterocycles. The van der Waals surface area contributed by atoms with Gasteiger partial charge in [-0.2, -0.15) is 0 Å². The Morgan fingerprint density at radius 1 is 1.21 bits per heavy atom. The molecule has 1 aliphatic rings. The molecule has 162 valence electrons. The zero-order valence-electron chi connectivity index (χ0n) is 17.3. The molecule has 4 nitrogen and oxygen atoms in total. The standard InChI is InChI=1S/C24H35ClO4/c1-2-3-6-10-21(26)17-12-14-18(15-13-17)24-19(20(25)16-22(24)27)9-7-4-5-8-11-23(28)29/h4,7,12-15,19-22,24,26-27H,2-3,5-6,8-11,16H2,1H3,(H,28,29)/b7-4+/t19-,20?,21-,22-,24-/m1/s1. The maximum atomic E-state index is 10.6. The van der Waals surface area contributed by atoms with Crippen LogP contribution < -0.4 is 0 Å². The van der Waals surface area contributed by atoms with Crippen LogP contribution in [0.2, 0.25) is 0 Å². The molecule has 1 saturated carbocycles. The summed E-state index contributed by atoms with van der Waals surface area (Å²) in [6.07, 6.45) is 10.2. The predicted molar refractivity (Wildman–Crippen MR) is 117 cm³/mol. The van der Waals surface area contributed by atoms with Gasteiger partial charge in [0.05, 0.1) is 12.2 Å². The minimum absolute atomic E-state index is 0.0209. The van der Waals surface area contributed by atoms with Crippen LogP contribution in [-0.4, -0.2) is 32.8 Å². The summed E-state index contributed by atoms with van der Waals surface area (Å²) in [7, 11) is 0. The number of rotatable bonds is 12. The molecule has 0 amide bonds. The van der Waals surface area contributed by atoms with Crippen LogP contribution in [0.3, 0.4) is 0 Å². The number of halogens is 1. The summed E-state index contributed by atoms with van der Waals surface area (Å²) in [6, 6.07) is 7.98. The highest BCUT2D eigenvalue weighted by molar-refractivity contribution is 6.21. The van der Waals surface area contributed by atoms with E-state index < -0.39 is 18.2 Å². The molecular weight excluding hydrogens is 388 g/mol. The Morgan fingerprint density at radius 2 is 1.93 bits per heavy atom. The van der Waals surface area contributed by atoms with Gasteiger partial charge in [0.2, 0.25) is 0 Å². The van der Waals surface area contributed by atoms with Crippen molar-refractivity contribution in [2.75, 3.05) is 0 Å². The molecule has 2 rings (SSSR count). The zero-order valence-corrected chi connectivity index (χ0v) is 18.1. The highest BCUT2D eigenvalue weighted by Gasteiger charge is 2.41. The van der Waals surface area contributed by atoms with Crippen molar-refractivity contribution in [3.05, 3.63) is 47.5 Å². The molecule has 5 atom stereocenters. The van der Waals surface area contributed by atoms with E-state index in [1.165, 1.54) is 0 Å². The van der Waals surface area contributed by atoms with E-state index in [0.29, 0.717) is 12.8 Å². The molecule has 1 fully saturated rings. The Balaban J connectivity index is 1.96. The second-order valence-electron chi connectivity index (χ2n) is 8.18. The number of allylic oxidation sites excluding steroid dienone is 2. The molecule has 29 heavy (non-hydrogen) atoms.